The van der Waals surface area contributed by atoms with E-state index in [4.69, 9.17) is 0 Å². The molecule has 0 radical (unpaired) electrons. The Hall–Kier alpha value is -5.06. The van der Waals surface area contributed by atoms with Crippen molar-refractivity contribution < 1.29 is 18.0 Å². The highest BCUT2D eigenvalue weighted by atomic mass is 19.4. The minimum absolute atomic E-state index is 0.0286. The molecular formula is C33H34F3N7O. The summed E-state index contributed by atoms with van der Waals surface area (Å²) in [6.45, 7) is 3.72. The summed E-state index contributed by atoms with van der Waals surface area (Å²) < 4.78 is 41.3. The van der Waals surface area contributed by atoms with Crippen molar-refractivity contribution in [3.8, 4) is 0 Å². The fourth-order valence-corrected chi connectivity index (χ4v) is 5.18. The third-order valence-electron chi connectivity index (χ3n) is 7.38. The van der Waals surface area contributed by atoms with Crippen LogP contribution in [0.4, 0.5) is 42.0 Å². The molecule has 44 heavy (non-hydrogen) atoms. The van der Waals surface area contributed by atoms with Gasteiger partial charge in [-0.2, -0.15) is 18.2 Å². The van der Waals surface area contributed by atoms with Crippen LogP contribution in [0, 0.1) is 0 Å². The van der Waals surface area contributed by atoms with Crippen LogP contribution in [-0.4, -0.2) is 34.4 Å². The highest BCUT2D eigenvalue weighted by molar-refractivity contribution is 6.00. The number of carbonyl (C=O) groups is 1. The molecule has 0 saturated carbocycles. The van der Waals surface area contributed by atoms with Crippen molar-refractivity contribution in [3.05, 3.63) is 114 Å². The summed E-state index contributed by atoms with van der Waals surface area (Å²) in [4.78, 5) is 22.6. The van der Waals surface area contributed by atoms with E-state index in [0.29, 0.717) is 24.5 Å². The van der Waals surface area contributed by atoms with Gasteiger partial charge in [0, 0.05) is 37.7 Å². The van der Waals surface area contributed by atoms with Crippen LogP contribution >= 0.6 is 0 Å². The molecule has 0 aliphatic carbocycles. The first-order valence-corrected chi connectivity index (χ1v) is 14.4. The maximum absolute atomic E-state index is 13.8. The molecule has 0 bridgehead atoms. The van der Waals surface area contributed by atoms with Crippen LogP contribution in [0.5, 0.6) is 0 Å². The molecule has 1 amide bonds. The molecule has 1 fully saturated rings. The van der Waals surface area contributed by atoms with Crippen LogP contribution in [0.25, 0.3) is 0 Å². The number of halogens is 3. The van der Waals surface area contributed by atoms with E-state index in [1.807, 2.05) is 31.2 Å². The average molecular weight is 602 g/mol. The molecule has 11 heteroatoms. The maximum Gasteiger partial charge on any atom is 0.421 e. The summed E-state index contributed by atoms with van der Waals surface area (Å²) in [5.74, 6) is -0.944. The minimum Gasteiger partial charge on any atom is -0.381 e. The van der Waals surface area contributed by atoms with Gasteiger partial charge in [0.25, 0.3) is 5.91 Å². The minimum atomic E-state index is -4.71. The fraction of sp³-hybridized carbons (Fsp3) is 0.242. The number of carbonyl (C=O) groups excluding carboxylic acids is 1. The van der Waals surface area contributed by atoms with Gasteiger partial charge in [-0.25, -0.2) is 4.98 Å². The summed E-state index contributed by atoms with van der Waals surface area (Å²) in [5.41, 5.74) is 3.27. The smallest absolute Gasteiger partial charge is 0.381 e. The number of hydrogen-bond acceptors (Lipinski definition) is 7. The van der Waals surface area contributed by atoms with E-state index in [2.05, 4.69) is 72.7 Å². The lowest BCUT2D eigenvalue weighted by molar-refractivity contribution is -0.137. The van der Waals surface area contributed by atoms with Gasteiger partial charge in [-0.1, -0.05) is 42.5 Å². The lowest BCUT2D eigenvalue weighted by atomic mass is 10.0. The maximum atomic E-state index is 13.8. The first kappa shape index (κ1) is 30.4. The topological polar surface area (TPSA) is 94.2 Å². The molecule has 228 valence electrons. The van der Waals surface area contributed by atoms with Crippen molar-refractivity contribution >= 4 is 34.7 Å². The highest BCUT2D eigenvalue weighted by Crippen LogP contribution is 2.36. The van der Waals surface area contributed by atoms with Crippen molar-refractivity contribution in [2.45, 2.75) is 38.5 Å². The molecule has 4 N–H and O–H groups in total. The molecule has 1 aromatic heterocycles. The van der Waals surface area contributed by atoms with Crippen LogP contribution < -0.4 is 21.3 Å². The first-order valence-electron chi connectivity index (χ1n) is 14.4. The van der Waals surface area contributed by atoms with E-state index in [1.54, 1.807) is 12.1 Å². The second-order valence-corrected chi connectivity index (χ2v) is 10.4. The molecule has 1 aliphatic heterocycles. The third-order valence-corrected chi connectivity index (χ3v) is 7.38. The van der Waals surface area contributed by atoms with Gasteiger partial charge in [-0.15, -0.1) is 0 Å². The summed E-state index contributed by atoms with van der Waals surface area (Å²) in [5, 5.41) is 11.6. The quantitative estimate of drug-likeness (QED) is 0.149. The Bertz CT molecular complexity index is 1610. The van der Waals surface area contributed by atoms with Gasteiger partial charge in [0.05, 0.1) is 17.3 Å². The summed E-state index contributed by atoms with van der Waals surface area (Å²) in [7, 11) is 1.45. The fourth-order valence-electron chi connectivity index (χ4n) is 5.18. The van der Waals surface area contributed by atoms with Crippen LogP contribution in [0.3, 0.4) is 0 Å². The van der Waals surface area contributed by atoms with E-state index < -0.39 is 23.5 Å². The van der Waals surface area contributed by atoms with Gasteiger partial charge in [0.15, 0.2) is 0 Å². The monoisotopic (exact) mass is 601 g/mol. The van der Waals surface area contributed by atoms with E-state index in [1.165, 1.54) is 31.2 Å². The Morgan fingerprint density at radius 2 is 1.73 bits per heavy atom. The zero-order chi connectivity index (χ0) is 31.1. The molecule has 1 saturated heterocycles. The number of nitrogens with zero attached hydrogens (tertiary/aromatic N) is 3. The summed E-state index contributed by atoms with van der Waals surface area (Å²) in [6, 6.07) is 22.7. The number of rotatable bonds is 10. The number of likely N-dealkylation sites (tertiary alicyclic amines) is 1. The molecule has 4 aromatic rings. The van der Waals surface area contributed by atoms with Gasteiger partial charge in [0.2, 0.25) is 5.95 Å². The molecule has 3 aromatic carbocycles. The van der Waals surface area contributed by atoms with Crippen LogP contribution in [-0.2, 0) is 12.7 Å². The Kier molecular flexibility index (Phi) is 9.32. The number of nitrogens with one attached hydrogen (secondary N) is 4. The SMILES string of the molecule is CC=CN1CCCC1c1ccc(NCc2ccc(Nc3ncc(C(F)(F)F)c(Nc4ccccc4C(=O)NC)n3)cc2)cc1. The van der Waals surface area contributed by atoms with E-state index in [9.17, 15) is 18.0 Å². The molecule has 5 rings (SSSR count). The Morgan fingerprint density at radius 1 is 1.00 bits per heavy atom. The first-order chi connectivity index (χ1) is 21.2. The van der Waals surface area contributed by atoms with Crippen molar-refractivity contribution in [1.82, 2.24) is 20.2 Å². The van der Waals surface area contributed by atoms with Gasteiger partial charge in [-0.05, 0) is 73.5 Å². The standard InChI is InChI=1S/C33H34F3N7O/c1-3-18-43-19-6-9-29(43)23-12-16-24(17-13-23)38-20-22-10-14-25(15-11-22)40-32-39-21-27(33(34,35)36)30(42-32)41-28-8-5-4-7-26(28)31(44)37-2/h3-5,7-8,10-18,21,29,38H,6,9,19-20H2,1-2H3,(H,37,44)(H2,39,40,41,42). The van der Waals surface area contributed by atoms with Crippen molar-refractivity contribution in [2.24, 2.45) is 0 Å². The predicted octanol–water partition coefficient (Wildman–Crippen LogP) is 7.62. The van der Waals surface area contributed by atoms with Gasteiger partial charge in [-0.3, -0.25) is 4.79 Å². The number of hydrogen-bond donors (Lipinski definition) is 4. The largest absolute Gasteiger partial charge is 0.421 e. The molecule has 8 nitrogen and oxygen atoms in total. The van der Waals surface area contributed by atoms with Gasteiger partial charge in [0.1, 0.15) is 11.4 Å². The van der Waals surface area contributed by atoms with Gasteiger partial charge < -0.3 is 26.2 Å². The molecule has 1 aliphatic rings. The lowest BCUT2D eigenvalue weighted by Crippen LogP contribution is -2.20. The second-order valence-electron chi connectivity index (χ2n) is 10.4. The number of aromatic nitrogens is 2. The number of alkyl halides is 3. The number of benzene rings is 3. The number of amides is 1. The molecule has 1 atom stereocenters. The summed E-state index contributed by atoms with van der Waals surface area (Å²) >= 11 is 0. The number of para-hydroxylation sites is 1. The Labute approximate surface area is 254 Å². The normalized spacial score (nSPS) is 14.9. The summed E-state index contributed by atoms with van der Waals surface area (Å²) in [6.07, 6.45) is 2.60. The average Bonchev–Trinajstić information content (AvgIpc) is 3.49. The van der Waals surface area contributed by atoms with Crippen molar-refractivity contribution in [3.63, 3.8) is 0 Å². The van der Waals surface area contributed by atoms with E-state index in [-0.39, 0.29) is 17.2 Å². The van der Waals surface area contributed by atoms with E-state index in [0.717, 1.165) is 24.2 Å². The van der Waals surface area contributed by atoms with Crippen LogP contribution in [0.2, 0.25) is 0 Å². The molecule has 0 spiro atoms. The zero-order valence-electron chi connectivity index (χ0n) is 24.4. The number of allylic oxidation sites excluding steroid dienone is 1. The Balaban J connectivity index is 1.24. The molecule has 1 unspecified atom stereocenters. The van der Waals surface area contributed by atoms with Gasteiger partial charge >= 0.3 is 6.18 Å². The molecule has 2 heterocycles. The second kappa shape index (κ2) is 13.5. The van der Waals surface area contributed by atoms with Crippen molar-refractivity contribution in [1.29, 1.82) is 0 Å². The van der Waals surface area contributed by atoms with Crippen LogP contribution in [0.1, 0.15) is 52.9 Å². The zero-order valence-corrected chi connectivity index (χ0v) is 24.4. The lowest BCUT2D eigenvalue weighted by Gasteiger charge is -2.23. The number of anilines is 5. The predicted molar refractivity (Wildman–Crippen MR) is 167 cm³/mol. The Morgan fingerprint density at radius 3 is 2.43 bits per heavy atom. The third kappa shape index (κ3) is 7.28. The molecular weight excluding hydrogens is 567 g/mol. The highest BCUT2D eigenvalue weighted by Gasteiger charge is 2.35. The van der Waals surface area contributed by atoms with Crippen LogP contribution in [0.15, 0.2) is 91.3 Å². The van der Waals surface area contributed by atoms with Crippen molar-refractivity contribution in [2.75, 3.05) is 29.5 Å². The van der Waals surface area contributed by atoms with E-state index >= 15 is 0 Å².